The number of rotatable bonds is 12. The van der Waals surface area contributed by atoms with Crippen LogP contribution in [0.15, 0.2) is 334 Å². The van der Waals surface area contributed by atoms with Crippen LogP contribution < -0.4 is 9.80 Å². The molecule has 7 aliphatic carbocycles. The van der Waals surface area contributed by atoms with E-state index in [0.717, 1.165) is 34.6 Å². The van der Waals surface area contributed by atoms with Gasteiger partial charge in [-0.2, -0.15) is 0 Å². The maximum Gasteiger partial charge on any atom is 0.0541 e. The SMILES string of the molecule is CC1CC2CC3CC(C1)C21c2ccccc2C(C)(C)c2ccc(N(c4ccc(-c5ccc(-c6ccc(N(c7ccc(-c8ccccc8)cc7)c7ccc8c(c7)C7(c9ccccc9C8(C)C)[C@@H]8CCC[C@H]7CC(C)C8)c(-c7ccccc7)c6)cc5)cc4)c4ccc(-c5ccccc5-n5c6ccccc6c6ccccc65)cc4)cc2[C@]31C. The molecule has 22 rings (SSSR count). The number of aromatic nitrogens is 1. The predicted octanol–water partition coefficient (Wildman–Crippen LogP) is 29.8. The first kappa shape index (κ1) is 70.1. The van der Waals surface area contributed by atoms with Gasteiger partial charge in [-0.1, -0.05) is 298 Å². The van der Waals surface area contributed by atoms with E-state index in [0.29, 0.717) is 29.6 Å². The first-order valence-corrected chi connectivity index (χ1v) is 43.0. The minimum atomic E-state index is -0.183. The Bertz CT molecular complexity index is 6210. The summed E-state index contributed by atoms with van der Waals surface area (Å²) >= 11 is 0. The highest BCUT2D eigenvalue weighted by Crippen LogP contribution is 2.78. The van der Waals surface area contributed by atoms with E-state index < -0.39 is 0 Å². The van der Waals surface area contributed by atoms with Crippen molar-refractivity contribution < 1.29 is 0 Å². The lowest BCUT2D eigenvalue weighted by molar-refractivity contribution is 0.0488. The van der Waals surface area contributed by atoms with Gasteiger partial charge in [0.2, 0.25) is 0 Å². The third-order valence-corrected chi connectivity index (χ3v) is 30.6. The van der Waals surface area contributed by atoms with E-state index in [1.807, 2.05) is 0 Å². The van der Waals surface area contributed by atoms with E-state index in [1.54, 1.807) is 22.3 Å². The van der Waals surface area contributed by atoms with E-state index in [1.165, 1.54) is 175 Å². The minimum Gasteiger partial charge on any atom is -0.310 e. The van der Waals surface area contributed by atoms with E-state index in [9.17, 15) is 0 Å². The lowest BCUT2D eigenvalue weighted by Crippen LogP contribution is -2.54. The van der Waals surface area contributed by atoms with Gasteiger partial charge in [-0.25, -0.2) is 0 Å². The Balaban J connectivity index is 0.646. The summed E-state index contributed by atoms with van der Waals surface area (Å²) in [7, 11) is 0. The molecule has 5 fully saturated rings. The van der Waals surface area contributed by atoms with Crippen LogP contribution in [0.25, 0.3) is 83.1 Å². The van der Waals surface area contributed by atoms with Crippen molar-refractivity contribution in [2.45, 2.75) is 133 Å². The smallest absolute Gasteiger partial charge is 0.0541 e. The fourth-order valence-corrected chi connectivity index (χ4v) is 25.9. The first-order valence-electron chi connectivity index (χ1n) is 43.0. The lowest BCUT2D eigenvalue weighted by Gasteiger charge is -2.60. The molecule has 564 valence electrons. The van der Waals surface area contributed by atoms with Crippen LogP contribution in [0.5, 0.6) is 0 Å². The Hall–Kier alpha value is -11.5. The fourth-order valence-electron chi connectivity index (χ4n) is 25.9. The molecule has 7 atom stereocenters. The quantitative estimate of drug-likeness (QED) is 0.121. The summed E-state index contributed by atoms with van der Waals surface area (Å²) in [5.74, 6) is 4.62. The summed E-state index contributed by atoms with van der Waals surface area (Å²) < 4.78 is 2.46. The Morgan fingerprint density at radius 3 is 1.25 bits per heavy atom. The van der Waals surface area contributed by atoms with Gasteiger partial charge in [0, 0.05) is 77.4 Å². The summed E-state index contributed by atoms with van der Waals surface area (Å²) in [6.45, 7) is 17.8. The lowest BCUT2D eigenvalue weighted by atomic mass is 9.43. The summed E-state index contributed by atoms with van der Waals surface area (Å²) in [5, 5.41) is 2.53. The monoisotopic (exact) mass is 1490 g/mol. The molecule has 5 saturated carbocycles. The van der Waals surface area contributed by atoms with Crippen LogP contribution in [0.2, 0.25) is 0 Å². The van der Waals surface area contributed by atoms with Gasteiger partial charge in [-0.3, -0.25) is 0 Å². The highest BCUT2D eigenvalue weighted by molar-refractivity contribution is 6.10. The van der Waals surface area contributed by atoms with Gasteiger partial charge in [0.1, 0.15) is 0 Å². The first-order chi connectivity index (χ1) is 56.2. The van der Waals surface area contributed by atoms with Crippen molar-refractivity contribution in [3.63, 3.8) is 0 Å². The Morgan fingerprint density at radius 1 is 0.278 bits per heavy atom. The molecule has 14 aromatic carbocycles. The molecule has 7 aliphatic rings. The van der Waals surface area contributed by atoms with E-state index >= 15 is 0 Å². The number of hydrogen-bond acceptors (Lipinski definition) is 2. The summed E-state index contributed by atoms with van der Waals surface area (Å²) in [6, 6.07) is 128. The summed E-state index contributed by atoms with van der Waals surface area (Å²) in [5.41, 5.74) is 34.6. The molecule has 3 heteroatoms. The van der Waals surface area contributed by atoms with Gasteiger partial charge in [-0.15, -0.1) is 0 Å². The number of para-hydroxylation sites is 3. The van der Waals surface area contributed by atoms with Crippen LogP contribution in [0, 0.1) is 41.4 Å². The zero-order chi connectivity index (χ0) is 77.3. The number of hydrogen-bond donors (Lipinski definition) is 0. The van der Waals surface area contributed by atoms with Crippen molar-refractivity contribution in [2.24, 2.45) is 41.4 Å². The molecule has 0 saturated heterocycles. The second-order valence-corrected chi connectivity index (χ2v) is 37.0. The highest BCUT2D eigenvalue weighted by atomic mass is 15.2. The third-order valence-electron chi connectivity index (χ3n) is 30.6. The molecular weight excluding hydrogens is 1390 g/mol. The summed E-state index contributed by atoms with van der Waals surface area (Å²) in [4.78, 5) is 5.15. The minimum absolute atomic E-state index is 0.0218. The maximum absolute atomic E-state index is 2.74. The van der Waals surface area contributed by atoms with Crippen LogP contribution in [0.1, 0.15) is 151 Å². The molecular formula is C112H101N3. The number of nitrogens with zero attached hydrogens (tertiary/aromatic N) is 3. The van der Waals surface area contributed by atoms with Gasteiger partial charge in [0.25, 0.3) is 0 Å². The van der Waals surface area contributed by atoms with Gasteiger partial charge in [-0.05, 0) is 273 Å². The van der Waals surface area contributed by atoms with Crippen LogP contribution in [-0.2, 0) is 27.1 Å². The molecule has 3 nitrogen and oxygen atoms in total. The van der Waals surface area contributed by atoms with E-state index in [2.05, 4.69) is 396 Å². The molecule has 15 aromatic rings. The zero-order valence-corrected chi connectivity index (χ0v) is 67.5. The average molecular weight is 1490 g/mol. The molecule has 2 spiro atoms. The number of benzene rings is 14. The van der Waals surface area contributed by atoms with Crippen molar-refractivity contribution in [1.29, 1.82) is 0 Å². The molecule has 1 heterocycles. The Kier molecular flexibility index (Phi) is 16.2. The Morgan fingerprint density at radius 2 is 0.670 bits per heavy atom. The van der Waals surface area contributed by atoms with E-state index in [4.69, 9.17) is 0 Å². The molecule has 1 aromatic heterocycles. The summed E-state index contributed by atoms with van der Waals surface area (Å²) in [6.07, 6.45) is 11.7. The van der Waals surface area contributed by atoms with Crippen LogP contribution in [0.4, 0.5) is 34.1 Å². The largest absolute Gasteiger partial charge is 0.310 e. The number of fused-ring (bicyclic) bond motifs is 7. The molecule has 4 bridgehead atoms. The topological polar surface area (TPSA) is 11.4 Å². The molecule has 115 heavy (non-hydrogen) atoms. The fraction of sp³-hybridized carbons (Fsp3) is 0.250. The van der Waals surface area contributed by atoms with Crippen LogP contribution >= 0.6 is 0 Å². The van der Waals surface area contributed by atoms with Crippen LogP contribution in [0.3, 0.4) is 0 Å². The third kappa shape index (κ3) is 10.4. The second kappa shape index (κ2) is 26.5. The maximum atomic E-state index is 2.74. The normalized spacial score (nSPS) is 24.1. The highest BCUT2D eigenvalue weighted by Gasteiger charge is 2.74. The van der Waals surface area contributed by atoms with Gasteiger partial charge < -0.3 is 14.4 Å². The van der Waals surface area contributed by atoms with Crippen molar-refractivity contribution in [2.75, 3.05) is 9.80 Å². The zero-order valence-electron chi connectivity index (χ0n) is 67.5. The predicted molar refractivity (Wildman–Crippen MR) is 482 cm³/mol. The van der Waals surface area contributed by atoms with Crippen LogP contribution in [-0.4, -0.2) is 4.57 Å². The molecule has 4 unspecified atom stereocenters. The molecule has 0 radical (unpaired) electrons. The van der Waals surface area contributed by atoms with Crippen molar-refractivity contribution in [3.05, 3.63) is 378 Å². The average Bonchev–Trinajstić information content (AvgIpc) is 1.48. The van der Waals surface area contributed by atoms with Gasteiger partial charge >= 0.3 is 0 Å². The van der Waals surface area contributed by atoms with Crippen molar-refractivity contribution in [3.8, 4) is 61.3 Å². The molecule has 0 N–H and O–H groups in total. The Labute approximate surface area is 680 Å². The molecule has 0 aliphatic heterocycles. The van der Waals surface area contributed by atoms with Crippen molar-refractivity contribution in [1.82, 2.24) is 4.57 Å². The van der Waals surface area contributed by atoms with Gasteiger partial charge in [0.15, 0.2) is 0 Å². The van der Waals surface area contributed by atoms with Crippen molar-refractivity contribution >= 4 is 55.9 Å². The molecule has 0 amide bonds. The van der Waals surface area contributed by atoms with E-state index in [-0.39, 0.29) is 27.1 Å². The second-order valence-electron chi connectivity index (χ2n) is 37.0. The van der Waals surface area contributed by atoms with Gasteiger partial charge in [0.05, 0.1) is 22.4 Å². The number of anilines is 6. The standard InChI is InChI=1S/C112H101N3/c1-72-63-82-29-24-30-83(64-72)111(82)100-36-19-17-34-96(100)108(3,4)99-61-59-91(71-103(99)111)114(89-54-47-76(48-55-89)74-25-10-8-11-26-74)107-62-51-81(67-95(107)79-27-12-9-13-28-79)78-43-41-75(42-44-78)77-45-52-87(53-46-77)113(88-56-49-80(50-57-88)92-31-14-21-38-104(92)115-105-39-22-15-32-93(105)94-33-16-23-40-106(94)115)90-58-60-98-102(70-90)110(7)84-68-85-65-73(2)66-86(69-84)112(85,110)101-37-20-18-35-97(101)109(98,5)6/h8-23,25-28,31-62,67,70-73,82-86H,24,29-30,63-66,68-69H2,1-7H3/t72?,73?,82-,83+,84?,85?,86?,110-,111?,112?/m0/s1.